The Morgan fingerprint density at radius 3 is 2.74 bits per heavy atom. The quantitative estimate of drug-likeness (QED) is 0.343. The standard InChI is InChI=1S/C20H26N4O2S/c1-13(2)27-16-7-5-14(6-8-16)24-19(21)18-17(9-10-22-20(18)25)23-15-4-3-11-26-12-15/h5-10,13,15H,3-4,11-12H2,1-2H3,(H2,21,24)(H2,22,23,25)/t15-/m1/s1. The molecule has 4 N–H and O–H groups in total. The molecule has 0 spiro atoms. The molecule has 2 heterocycles. The molecule has 1 aromatic carbocycles. The van der Waals surface area contributed by atoms with Crippen LogP contribution in [0.1, 0.15) is 32.3 Å². The van der Waals surface area contributed by atoms with Crippen LogP contribution in [0.5, 0.6) is 0 Å². The topological polar surface area (TPSA) is 90.0 Å². The Morgan fingerprint density at radius 1 is 1.30 bits per heavy atom. The van der Waals surface area contributed by atoms with Gasteiger partial charge in [-0.05, 0) is 43.2 Å². The first-order valence-electron chi connectivity index (χ1n) is 9.21. The molecule has 144 valence electrons. The Bertz CT molecular complexity index is 827. The van der Waals surface area contributed by atoms with Gasteiger partial charge in [0.15, 0.2) is 0 Å². The van der Waals surface area contributed by atoms with E-state index in [1.807, 2.05) is 24.3 Å². The number of hydrogen-bond donors (Lipinski definition) is 4. The minimum atomic E-state index is -0.291. The highest BCUT2D eigenvalue weighted by Gasteiger charge is 2.18. The minimum absolute atomic E-state index is 0.0698. The van der Waals surface area contributed by atoms with Crippen LogP contribution in [0, 0.1) is 5.41 Å². The van der Waals surface area contributed by atoms with Gasteiger partial charge in [-0.1, -0.05) is 13.8 Å². The fourth-order valence-corrected chi connectivity index (χ4v) is 3.85. The molecule has 1 saturated heterocycles. The molecule has 1 fully saturated rings. The minimum Gasteiger partial charge on any atom is -0.379 e. The molecule has 1 aliphatic rings. The summed E-state index contributed by atoms with van der Waals surface area (Å²) >= 11 is 1.79. The summed E-state index contributed by atoms with van der Waals surface area (Å²) in [5, 5.41) is 15.3. The third kappa shape index (κ3) is 5.37. The molecule has 1 aromatic heterocycles. The Morgan fingerprint density at radius 2 is 2.07 bits per heavy atom. The number of rotatable bonds is 6. The first-order valence-corrected chi connectivity index (χ1v) is 10.1. The van der Waals surface area contributed by atoms with E-state index in [2.05, 4.69) is 29.5 Å². The zero-order chi connectivity index (χ0) is 19.2. The van der Waals surface area contributed by atoms with E-state index in [1.54, 1.807) is 24.0 Å². The molecular weight excluding hydrogens is 360 g/mol. The highest BCUT2D eigenvalue weighted by molar-refractivity contribution is 7.99. The zero-order valence-electron chi connectivity index (χ0n) is 15.7. The van der Waals surface area contributed by atoms with Crippen molar-refractivity contribution in [3.8, 4) is 0 Å². The highest BCUT2D eigenvalue weighted by atomic mass is 32.2. The van der Waals surface area contributed by atoms with Gasteiger partial charge >= 0.3 is 0 Å². The lowest BCUT2D eigenvalue weighted by atomic mass is 10.1. The van der Waals surface area contributed by atoms with E-state index >= 15 is 0 Å². The van der Waals surface area contributed by atoms with E-state index in [4.69, 9.17) is 10.1 Å². The molecule has 0 radical (unpaired) electrons. The number of aromatic nitrogens is 1. The van der Waals surface area contributed by atoms with E-state index in [9.17, 15) is 4.79 Å². The predicted molar refractivity (Wildman–Crippen MR) is 112 cm³/mol. The van der Waals surface area contributed by atoms with E-state index in [0.29, 0.717) is 23.1 Å². The third-order valence-corrected chi connectivity index (χ3v) is 5.24. The lowest BCUT2D eigenvalue weighted by Gasteiger charge is -2.25. The van der Waals surface area contributed by atoms with Crippen LogP contribution < -0.4 is 16.2 Å². The fourth-order valence-electron chi connectivity index (χ4n) is 3.02. The van der Waals surface area contributed by atoms with Gasteiger partial charge < -0.3 is 20.4 Å². The number of aromatic amines is 1. The van der Waals surface area contributed by atoms with Crippen molar-refractivity contribution in [3.05, 3.63) is 52.4 Å². The van der Waals surface area contributed by atoms with Crippen molar-refractivity contribution in [1.82, 2.24) is 4.98 Å². The third-order valence-electron chi connectivity index (χ3n) is 4.23. The lowest BCUT2D eigenvalue weighted by molar-refractivity contribution is 0.0876. The second-order valence-electron chi connectivity index (χ2n) is 6.84. The van der Waals surface area contributed by atoms with Crippen molar-refractivity contribution in [2.75, 3.05) is 23.8 Å². The van der Waals surface area contributed by atoms with Crippen LogP contribution in [-0.4, -0.2) is 35.3 Å². The van der Waals surface area contributed by atoms with Crippen molar-refractivity contribution < 1.29 is 4.74 Å². The zero-order valence-corrected chi connectivity index (χ0v) is 16.5. The molecule has 0 unspecified atom stereocenters. The van der Waals surface area contributed by atoms with Crippen LogP contribution in [0.3, 0.4) is 0 Å². The van der Waals surface area contributed by atoms with E-state index in [1.165, 1.54) is 4.90 Å². The van der Waals surface area contributed by atoms with Gasteiger partial charge in [-0.3, -0.25) is 10.2 Å². The Kier molecular flexibility index (Phi) is 6.58. The van der Waals surface area contributed by atoms with Crippen molar-refractivity contribution in [3.63, 3.8) is 0 Å². The van der Waals surface area contributed by atoms with Gasteiger partial charge in [0.25, 0.3) is 5.56 Å². The second kappa shape index (κ2) is 9.10. The normalized spacial score (nSPS) is 16.9. The van der Waals surface area contributed by atoms with Gasteiger partial charge in [-0.15, -0.1) is 11.8 Å². The number of thioether (sulfide) groups is 1. The highest BCUT2D eigenvalue weighted by Crippen LogP contribution is 2.24. The molecule has 1 aliphatic heterocycles. The number of H-pyrrole nitrogens is 1. The van der Waals surface area contributed by atoms with E-state index in [-0.39, 0.29) is 17.4 Å². The smallest absolute Gasteiger partial charge is 0.261 e. The molecule has 27 heavy (non-hydrogen) atoms. The summed E-state index contributed by atoms with van der Waals surface area (Å²) in [5.74, 6) is 0.0698. The predicted octanol–water partition coefficient (Wildman–Crippen LogP) is 3.90. The summed E-state index contributed by atoms with van der Waals surface area (Å²) < 4.78 is 5.50. The van der Waals surface area contributed by atoms with Gasteiger partial charge in [-0.2, -0.15) is 0 Å². The van der Waals surface area contributed by atoms with Gasteiger partial charge in [0.2, 0.25) is 0 Å². The average molecular weight is 387 g/mol. The molecular formula is C20H26N4O2S. The molecule has 0 aliphatic carbocycles. The lowest BCUT2D eigenvalue weighted by Crippen LogP contribution is -2.33. The van der Waals surface area contributed by atoms with Gasteiger partial charge in [-0.25, -0.2) is 0 Å². The molecule has 6 nitrogen and oxygen atoms in total. The number of nitrogens with one attached hydrogen (secondary N) is 4. The molecule has 3 rings (SSSR count). The fraction of sp³-hybridized carbons (Fsp3) is 0.400. The molecule has 1 atom stereocenters. The first kappa shape index (κ1) is 19.5. The molecule has 0 amide bonds. The van der Waals surface area contributed by atoms with E-state index in [0.717, 1.165) is 25.1 Å². The average Bonchev–Trinajstić information content (AvgIpc) is 2.64. The van der Waals surface area contributed by atoms with E-state index < -0.39 is 0 Å². The van der Waals surface area contributed by atoms with Crippen LogP contribution in [0.4, 0.5) is 11.4 Å². The number of benzene rings is 1. The number of anilines is 2. The van der Waals surface area contributed by atoms with Crippen molar-refractivity contribution in [2.45, 2.75) is 42.9 Å². The maximum Gasteiger partial charge on any atom is 0.261 e. The Labute approximate surface area is 163 Å². The second-order valence-corrected chi connectivity index (χ2v) is 8.49. The van der Waals surface area contributed by atoms with Crippen molar-refractivity contribution >= 4 is 29.0 Å². The summed E-state index contributed by atoms with van der Waals surface area (Å²) in [4.78, 5) is 16.2. The van der Waals surface area contributed by atoms with Crippen molar-refractivity contribution in [1.29, 1.82) is 5.41 Å². The first-order chi connectivity index (χ1) is 13.0. The van der Waals surface area contributed by atoms with Gasteiger partial charge in [0.1, 0.15) is 11.4 Å². The Balaban J connectivity index is 1.74. The molecule has 7 heteroatoms. The summed E-state index contributed by atoms with van der Waals surface area (Å²) in [6, 6.07) is 9.85. The number of hydrogen-bond acceptors (Lipinski definition) is 5. The number of ether oxygens (including phenoxy) is 1. The molecule has 0 bridgehead atoms. The summed E-state index contributed by atoms with van der Waals surface area (Å²) in [7, 11) is 0. The van der Waals surface area contributed by atoms with Crippen LogP contribution >= 0.6 is 11.8 Å². The summed E-state index contributed by atoms with van der Waals surface area (Å²) in [5.41, 5.74) is 1.45. The maximum atomic E-state index is 12.4. The molecule has 0 saturated carbocycles. The van der Waals surface area contributed by atoms with Crippen LogP contribution in [0.25, 0.3) is 0 Å². The molecule has 2 aromatic rings. The Hall–Kier alpha value is -2.25. The SMILES string of the molecule is CC(C)Sc1ccc(NC(=N)c2c(N[C@@H]3CCCOC3)cc[nH]c2=O)cc1. The number of pyridine rings is 1. The van der Waals surface area contributed by atoms with Crippen LogP contribution in [-0.2, 0) is 4.74 Å². The van der Waals surface area contributed by atoms with Crippen LogP contribution in [0.15, 0.2) is 46.2 Å². The van der Waals surface area contributed by atoms with Gasteiger partial charge in [0.05, 0.1) is 12.3 Å². The van der Waals surface area contributed by atoms with Crippen molar-refractivity contribution in [2.24, 2.45) is 0 Å². The number of amidine groups is 1. The largest absolute Gasteiger partial charge is 0.379 e. The van der Waals surface area contributed by atoms with Gasteiger partial charge in [0, 0.05) is 34.7 Å². The summed E-state index contributed by atoms with van der Waals surface area (Å²) in [6.45, 7) is 5.70. The monoisotopic (exact) mass is 386 g/mol. The summed E-state index contributed by atoms with van der Waals surface area (Å²) in [6.07, 6.45) is 3.58. The maximum absolute atomic E-state index is 12.4. The van der Waals surface area contributed by atoms with Crippen LogP contribution in [0.2, 0.25) is 0 Å².